The molecule has 0 aliphatic rings. The predicted octanol–water partition coefficient (Wildman–Crippen LogP) is 4.67. The number of para-hydroxylation sites is 2. The molecule has 1 heterocycles. The molecule has 0 aliphatic carbocycles. The second-order valence-electron chi connectivity index (χ2n) is 6.50. The van der Waals surface area contributed by atoms with E-state index in [1.807, 2.05) is 0 Å². The van der Waals surface area contributed by atoms with E-state index in [1.54, 1.807) is 0 Å². The Morgan fingerprint density at radius 3 is 2.23 bits per heavy atom. The predicted molar refractivity (Wildman–Crippen MR) is 99.1 cm³/mol. The van der Waals surface area contributed by atoms with Crippen LogP contribution in [-0.4, -0.2) is 21.4 Å². The number of imidazole rings is 1. The number of nitrogens with zero attached hydrogens (tertiary/aromatic N) is 2. The fourth-order valence-electron chi connectivity index (χ4n) is 2.91. The zero-order valence-corrected chi connectivity index (χ0v) is 15.7. The Hall–Kier alpha value is -3.57. The summed E-state index contributed by atoms with van der Waals surface area (Å²) in [5, 5.41) is 4.40. The summed E-state index contributed by atoms with van der Waals surface area (Å²) >= 11 is 0. The topological polar surface area (TPSA) is 76.0 Å². The molecule has 0 saturated carbocycles. The lowest BCUT2D eigenvalue weighted by Gasteiger charge is -2.16. The van der Waals surface area contributed by atoms with Crippen LogP contribution in [0.5, 0.6) is 0 Å². The Kier molecular flexibility index (Phi) is 5.66. The molecule has 0 unspecified atom stereocenters. The number of aromatic nitrogens is 2. The molecular weight excluding hydrogens is 430 g/mol. The number of amides is 2. The van der Waals surface area contributed by atoms with Gasteiger partial charge in [0.25, 0.3) is 0 Å². The molecule has 2 amide bonds. The van der Waals surface area contributed by atoms with E-state index in [9.17, 15) is 35.9 Å². The molecule has 0 aliphatic heterocycles. The van der Waals surface area contributed by atoms with Crippen LogP contribution < -0.4 is 10.6 Å². The molecule has 0 saturated heterocycles. The maximum absolute atomic E-state index is 13.4. The van der Waals surface area contributed by atoms with Gasteiger partial charge in [-0.25, -0.2) is 4.98 Å². The molecule has 164 valence electrons. The van der Waals surface area contributed by atoms with Crippen LogP contribution in [-0.2, 0) is 28.5 Å². The average Bonchev–Trinajstić information content (AvgIpc) is 3.01. The number of nitrogens with one attached hydrogen (secondary N) is 2. The number of fused-ring (bicyclic) bond motifs is 1. The number of hydrogen-bond donors (Lipinski definition) is 2. The summed E-state index contributed by atoms with van der Waals surface area (Å²) < 4.78 is 79.8. The van der Waals surface area contributed by atoms with Gasteiger partial charge in [0.05, 0.1) is 28.0 Å². The zero-order chi connectivity index (χ0) is 23.0. The highest BCUT2D eigenvalue weighted by atomic mass is 19.4. The van der Waals surface area contributed by atoms with Crippen LogP contribution in [0.4, 0.5) is 37.7 Å². The number of carbonyl (C=O) groups excluding carboxylic acids is 2. The van der Waals surface area contributed by atoms with Crippen LogP contribution in [0.25, 0.3) is 11.0 Å². The van der Waals surface area contributed by atoms with E-state index in [0.29, 0.717) is 16.7 Å². The maximum Gasteiger partial charge on any atom is 0.449 e. The normalized spacial score (nSPS) is 12.1. The first kappa shape index (κ1) is 22.1. The Balaban J connectivity index is 1.97. The number of rotatable bonds is 4. The maximum atomic E-state index is 13.4. The Bertz CT molecular complexity index is 1150. The van der Waals surface area contributed by atoms with Gasteiger partial charge in [-0.3, -0.25) is 9.59 Å². The molecule has 2 aromatic carbocycles. The van der Waals surface area contributed by atoms with Crippen molar-refractivity contribution in [2.75, 3.05) is 10.6 Å². The third kappa shape index (κ3) is 4.95. The fraction of sp³-hybridized carbons (Fsp3) is 0.211. The molecule has 12 heteroatoms. The lowest BCUT2D eigenvalue weighted by Crippen LogP contribution is -2.24. The monoisotopic (exact) mass is 444 g/mol. The van der Waals surface area contributed by atoms with Crippen LogP contribution >= 0.6 is 0 Å². The van der Waals surface area contributed by atoms with E-state index in [0.717, 1.165) is 13.0 Å². The number of halogens is 6. The molecule has 3 rings (SSSR count). The van der Waals surface area contributed by atoms with Crippen LogP contribution in [0.2, 0.25) is 0 Å². The number of anilines is 2. The first-order valence-corrected chi connectivity index (χ1v) is 8.67. The van der Waals surface area contributed by atoms with Gasteiger partial charge in [0.2, 0.25) is 17.6 Å². The molecule has 0 spiro atoms. The van der Waals surface area contributed by atoms with E-state index in [2.05, 4.69) is 15.6 Å². The van der Waals surface area contributed by atoms with E-state index in [-0.39, 0.29) is 16.7 Å². The third-order valence-electron chi connectivity index (χ3n) is 4.14. The summed E-state index contributed by atoms with van der Waals surface area (Å²) in [5.74, 6) is -2.98. The Morgan fingerprint density at radius 1 is 0.935 bits per heavy atom. The zero-order valence-electron chi connectivity index (χ0n) is 15.7. The van der Waals surface area contributed by atoms with E-state index in [1.165, 1.54) is 24.3 Å². The van der Waals surface area contributed by atoms with E-state index < -0.39 is 47.8 Å². The highest BCUT2D eigenvalue weighted by molar-refractivity contribution is 5.99. The number of carbonyl (C=O) groups is 2. The number of hydrogen-bond acceptors (Lipinski definition) is 3. The quantitative estimate of drug-likeness (QED) is 0.575. The van der Waals surface area contributed by atoms with E-state index in [4.69, 9.17) is 0 Å². The molecule has 3 aromatic rings. The van der Waals surface area contributed by atoms with Crippen molar-refractivity contribution < 1.29 is 35.9 Å². The average molecular weight is 444 g/mol. The minimum Gasteiger partial charge on any atom is -0.325 e. The molecule has 6 nitrogen and oxygen atoms in total. The molecule has 0 radical (unpaired) electrons. The summed E-state index contributed by atoms with van der Waals surface area (Å²) in [6.45, 7) is 0.238. The molecule has 0 fully saturated rings. The van der Waals surface area contributed by atoms with Gasteiger partial charge >= 0.3 is 12.4 Å². The summed E-state index contributed by atoms with van der Waals surface area (Å²) in [6.07, 6.45) is -9.60. The highest BCUT2D eigenvalue weighted by Gasteiger charge is 2.38. The van der Waals surface area contributed by atoms with Crippen LogP contribution in [0, 0.1) is 0 Å². The van der Waals surface area contributed by atoms with Gasteiger partial charge in [-0.15, -0.1) is 0 Å². The Labute approximate surface area is 170 Å². The molecule has 1 aromatic heterocycles. The largest absolute Gasteiger partial charge is 0.449 e. The summed E-state index contributed by atoms with van der Waals surface area (Å²) in [5.41, 5.74) is -1.63. The number of alkyl halides is 6. The van der Waals surface area contributed by atoms with Crippen LogP contribution in [0.3, 0.4) is 0 Å². The summed E-state index contributed by atoms with van der Waals surface area (Å²) in [7, 11) is 0. The van der Waals surface area contributed by atoms with Gasteiger partial charge < -0.3 is 15.2 Å². The first-order chi connectivity index (χ1) is 14.4. The molecule has 0 bridgehead atoms. The van der Waals surface area contributed by atoms with Crippen molar-refractivity contribution in [1.29, 1.82) is 0 Å². The highest BCUT2D eigenvalue weighted by Crippen LogP contribution is 2.35. The van der Waals surface area contributed by atoms with Gasteiger partial charge in [-0.2, -0.15) is 26.3 Å². The van der Waals surface area contributed by atoms with Gasteiger partial charge in [0.1, 0.15) is 6.54 Å². The lowest BCUT2D eigenvalue weighted by atomic mass is 10.1. The minimum absolute atomic E-state index is 0.000583. The summed E-state index contributed by atoms with van der Waals surface area (Å²) in [6, 6.07) is 7.82. The van der Waals surface area contributed by atoms with Crippen molar-refractivity contribution >= 4 is 34.2 Å². The van der Waals surface area contributed by atoms with Crippen molar-refractivity contribution in [2.24, 2.45) is 0 Å². The van der Waals surface area contributed by atoms with Gasteiger partial charge in [0.15, 0.2) is 0 Å². The van der Waals surface area contributed by atoms with Crippen molar-refractivity contribution in [2.45, 2.75) is 25.8 Å². The molecular formula is C19H14F6N4O2. The second-order valence-corrected chi connectivity index (χ2v) is 6.50. The first-order valence-electron chi connectivity index (χ1n) is 8.67. The van der Waals surface area contributed by atoms with Gasteiger partial charge in [0, 0.05) is 6.92 Å². The Morgan fingerprint density at radius 2 is 1.61 bits per heavy atom. The summed E-state index contributed by atoms with van der Waals surface area (Å²) in [4.78, 5) is 27.3. The van der Waals surface area contributed by atoms with Gasteiger partial charge in [-0.1, -0.05) is 12.1 Å². The van der Waals surface area contributed by atoms with Crippen molar-refractivity contribution in [3.63, 3.8) is 0 Å². The van der Waals surface area contributed by atoms with Crippen LogP contribution in [0.15, 0.2) is 42.5 Å². The smallest absolute Gasteiger partial charge is 0.325 e. The minimum atomic E-state index is -4.86. The molecule has 0 atom stereocenters. The lowest BCUT2D eigenvalue weighted by molar-refractivity contribution is -0.147. The van der Waals surface area contributed by atoms with Crippen molar-refractivity contribution in [1.82, 2.24) is 9.55 Å². The molecule has 2 N–H and O–H groups in total. The third-order valence-corrected chi connectivity index (χ3v) is 4.14. The standard InChI is InChI=1S/C19H14F6N4O2/c1-10(30)26-12-7-6-11(18(20,21)22)8-14(12)27-16(31)9-29-15-5-3-2-4-13(15)28-17(29)19(23,24)25/h2-8H,9H2,1H3,(H,26,30)(H,27,31). The van der Waals surface area contributed by atoms with Crippen molar-refractivity contribution in [3.8, 4) is 0 Å². The SMILES string of the molecule is CC(=O)Nc1ccc(C(F)(F)F)cc1NC(=O)Cn1c(C(F)(F)F)nc2ccccc21. The molecule has 31 heavy (non-hydrogen) atoms. The second kappa shape index (κ2) is 7.93. The van der Waals surface area contributed by atoms with Crippen molar-refractivity contribution in [3.05, 3.63) is 53.9 Å². The fourth-order valence-corrected chi connectivity index (χ4v) is 2.91. The van der Waals surface area contributed by atoms with Gasteiger partial charge in [-0.05, 0) is 30.3 Å². The van der Waals surface area contributed by atoms with E-state index >= 15 is 0 Å². The number of benzene rings is 2. The van der Waals surface area contributed by atoms with Crippen LogP contribution in [0.1, 0.15) is 18.3 Å².